The maximum Gasteiger partial charge on any atom is 0.384 e. The van der Waals surface area contributed by atoms with Crippen molar-refractivity contribution >= 4 is 5.97 Å². The minimum absolute atomic E-state index is 0.0344. The predicted molar refractivity (Wildman–Crippen MR) is 40.6 cm³/mol. The summed E-state index contributed by atoms with van der Waals surface area (Å²) in [5.74, 6) is 3.93. The van der Waals surface area contributed by atoms with E-state index in [4.69, 9.17) is 5.11 Å². The molecule has 0 saturated heterocycles. The van der Waals surface area contributed by atoms with Gasteiger partial charge in [0.2, 0.25) is 0 Å². The number of methoxy groups -OCH3 is 1. The minimum atomic E-state index is -0.755. The van der Waals surface area contributed by atoms with E-state index in [9.17, 15) is 4.79 Å². The van der Waals surface area contributed by atoms with Crippen LogP contribution in [0.5, 0.6) is 0 Å². The highest BCUT2D eigenvalue weighted by Crippen LogP contribution is 1.97. The Morgan fingerprint density at radius 1 is 1.55 bits per heavy atom. The second-order valence-corrected chi connectivity index (χ2v) is 2.45. The number of ether oxygens (including phenoxy) is 1. The molecule has 1 N–H and O–H groups in total. The van der Waals surface area contributed by atoms with E-state index in [0.717, 1.165) is 0 Å². The van der Waals surface area contributed by atoms with Gasteiger partial charge in [0, 0.05) is 5.92 Å². The number of aliphatic hydroxyl groups excluding tert-OH is 1. The van der Waals surface area contributed by atoms with Gasteiger partial charge in [0.25, 0.3) is 0 Å². The number of carbonyl (C=O) groups is 1. The van der Waals surface area contributed by atoms with Crippen LogP contribution in [0.2, 0.25) is 0 Å². The van der Waals surface area contributed by atoms with E-state index in [1.165, 1.54) is 7.11 Å². The maximum absolute atomic E-state index is 10.4. The molecule has 0 aromatic heterocycles. The fourth-order valence-electron chi connectivity index (χ4n) is 0.351. The average molecular weight is 156 g/mol. The van der Waals surface area contributed by atoms with Crippen LogP contribution in [0.3, 0.4) is 0 Å². The van der Waals surface area contributed by atoms with Gasteiger partial charge < -0.3 is 9.84 Å². The van der Waals surface area contributed by atoms with Gasteiger partial charge in [-0.1, -0.05) is 19.8 Å². The first-order chi connectivity index (χ1) is 5.07. The van der Waals surface area contributed by atoms with Crippen LogP contribution in [0.1, 0.15) is 13.8 Å². The second-order valence-electron chi connectivity index (χ2n) is 2.45. The van der Waals surface area contributed by atoms with Crippen molar-refractivity contribution in [3.8, 4) is 11.8 Å². The van der Waals surface area contributed by atoms with Crippen molar-refractivity contribution < 1.29 is 14.6 Å². The third-order valence-corrected chi connectivity index (χ3v) is 1.14. The summed E-state index contributed by atoms with van der Waals surface area (Å²) in [6, 6.07) is 0. The number of hydrogen-bond donors (Lipinski definition) is 1. The summed E-state index contributed by atoms with van der Waals surface area (Å²) in [4.78, 5) is 10.4. The molecule has 0 aliphatic carbocycles. The zero-order valence-electron chi connectivity index (χ0n) is 6.92. The highest BCUT2D eigenvalue weighted by atomic mass is 16.5. The largest absolute Gasteiger partial charge is 0.459 e. The topological polar surface area (TPSA) is 46.5 Å². The van der Waals surface area contributed by atoms with Gasteiger partial charge in [-0.3, -0.25) is 0 Å². The van der Waals surface area contributed by atoms with Crippen molar-refractivity contribution in [2.24, 2.45) is 5.92 Å². The Hall–Kier alpha value is -1.01. The molecule has 11 heavy (non-hydrogen) atoms. The van der Waals surface area contributed by atoms with E-state index in [-0.39, 0.29) is 5.92 Å². The summed E-state index contributed by atoms with van der Waals surface area (Å²) >= 11 is 0. The standard InChI is InChI=1S/C8H12O3/c1-6(2)7(9)4-5-8(10)11-3/h6-7,9H,1-3H3. The summed E-state index contributed by atoms with van der Waals surface area (Å²) < 4.78 is 4.26. The quantitative estimate of drug-likeness (QED) is 0.334. The minimum Gasteiger partial charge on any atom is -0.459 e. The molecule has 0 aliphatic heterocycles. The van der Waals surface area contributed by atoms with Crippen molar-refractivity contribution in [2.45, 2.75) is 20.0 Å². The molecule has 0 saturated carbocycles. The predicted octanol–water partition coefficient (Wildman–Crippen LogP) is 0.180. The molecule has 0 aromatic rings. The van der Waals surface area contributed by atoms with Crippen molar-refractivity contribution in [2.75, 3.05) is 7.11 Å². The Morgan fingerprint density at radius 3 is 2.45 bits per heavy atom. The normalized spacial score (nSPS) is 11.7. The molecule has 1 atom stereocenters. The lowest BCUT2D eigenvalue weighted by Gasteiger charge is -2.04. The van der Waals surface area contributed by atoms with Gasteiger partial charge in [0.15, 0.2) is 0 Å². The molecule has 3 heteroatoms. The first-order valence-corrected chi connectivity index (χ1v) is 3.35. The van der Waals surface area contributed by atoms with Gasteiger partial charge in [-0.05, 0) is 5.92 Å². The van der Waals surface area contributed by atoms with Crippen molar-refractivity contribution in [3.05, 3.63) is 0 Å². The van der Waals surface area contributed by atoms with Gasteiger partial charge in [-0.2, -0.15) is 0 Å². The Balaban J connectivity index is 3.96. The molecule has 0 aromatic carbocycles. The van der Waals surface area contributed by atoms with Crippen molar-refractivity contribution in [1.29, 1.82) is 0 Å². The van der Waals surface area contributed by atoms with E-state index >= 15 is 0 Å². The molecule has 1 unspecified atom stereocenters. The number of hydrogen-bond acceptors (Lipinski definition) is 3. The molecule has 62 valence electrons. The lowest BCUT2D eigenvalue weighted by Crippen LogP contribution is -2.12. The lowest BCUT2D eigenvalue weighted by molar-refractivity contribution is -0.133. The number of rotatable bonds is 1. The summed E-state index contributed by atoms with van der Waals surface area (Å²) in [5.41, 5.74) is 0. The van der Waals surface area contributed by atoms with E-state index in [1.807, 2.05) is 13.8 Å². The first kappa shape index (κ1) is 9.99. The monoisotopic (exact) mass is 156 g/mol. The van der Waals surface area contributed by atoms with E-state index in [0.29, 0.717) is 0 Å². The molecule has 3 nitrogen and oxygen atoms in total. The fourth-order valence-corrected chi connectivity index (χ4v) is 0.351. The number of esters is 1. The molecule has 0 aliphatic rings. The maximum atomic E-state index is 10.4. The molecule has 0 rings (SSSR count). The summed E-state index contributed by atoms with van der Waals surface area (Å²) in [6.07, 6.45) is -0.755. The van der Waals surface area contributed by atoms with Crippen LogP contribution in [0.4, 0.5) is 0 Å². The zero-order valence-corrected chi connectivity index (χ0v) is 6.92. The fraction of sp³-hybridized carbons (Fsp3) is 0.625. The Kier molecular flexibility index (Phi) is 4.32. The van der Waals surface area contributed by atoms with Crippen LogP contribution in [0.15, 0.2) is 0 Å². The van der Waals surface area contributed by atoms with Crippen molar-refractivity contribution in [1.82, 2.24) is 0 Å². The summed E-state index contributed by atoms with van der Waals surface area (Å²) in [5, 5.41) is 9.09. The van der Waals surface area contributed by atoms with Crippen molar-refractivity contribution in [3.63, 3.8) is 0 Å². The molecule has 0 heterocycles. The molecule has 0 amide bonds. The van der Waals surface area contributed by atoms with Crippen LogP contribution in [-0.4, -0.2) is 24.3 Å². The average Bonchev–Trinajstić information content (AvgIpc) is 1.99. The van der Waals surface area contributed by atoms with E-state index in [1.54, 1.807) is 0 Å². The third kappa shape index (κ3) is 4.40. The first-order valence-electron chi connectivity index (χ1n) is 3.35. The number of carbonyl (C=O) groups excluding carboxylic acids is 1. The van der Waals surface area contributed by atoms with Crippen LogP contribution in [0.25, 0.3) is 0 Å². The molecule has 0 radical (unpaired) electrons. The van der Waals surface area contributed by atoms with E-state index < -0.39 is 12.1 Å². The molecule has 0 bridgehead atoms. The van der Waals surface area contributed by atoms with E-state index in [2.05, 4.69) is 16.6 Å². The molecular formula is C8H12O3. The van der Waals surface area contributed by atoms with Gasteiger partial charge >= 0.3 is 5.97 Å². The Labute approximate surface area is 66.4 Å². The highest BCUT2D eigenvalue weighted by Gasteiger charge is 2.04. The van der Waals surface area contributed by atoms with Crippen LogP contribution >= 0.6 is 0 Å². The zero-order chi connectivity index (χ0) is 8.85. The lowest BCUT2D eigenvalue weighted by atomic mass is 10.1. The number of aliphatic hydroxyl groups is 1. The summed E-state index contributed by atoms with van der Waals surface area (Å²) in [7, 11) is 1.25. The highest BCUT2D eigenvalue weighted by molar-refractivity contribution is 5.88. The van der Waals surface area contributed by atoms with Crippen LogP contribution < -0.4 is 0 Å². The van der Waals surface area contributed by atoms with Gasteiger partial charge in [-0.15, -0.1) is 0 Å². The van der Waals surface area contributed by atoms with Crippen LogP contribution in [-0.2, 0) is 9.53 Å². The smallest absolute Gasteiger partial charge is 0.384 e. The van der Waals surface area contributed by atoms with Gasteiger partial charge in [-0.25, -0.2) is 4.79 Å². The molecular weight excluding hydrogens is 144 g/mol. The van der Waals surface area contributed by atoms with Gasteiger partial charge in [0.05, 0.1) is 7.11 Å². The third-order valence-electron chi connectivity index (χ3n) is 1.14. The van der Waals surface area contributed by atoms with Crippen LogP contribution in [0, 0.1) is 17.8 Å². The molecule has 0 fully saturated rings. The Bertz CT molecular complexity index is 185. The Morgan fingerprint density at radius 2 is 2.09 bits per heavy atom. The second kappa shape index (κ2) is 4.75. The summed E-state index contributed by atoms with van der Waals surface area (Å²) in [6.45, 7) is 3.63. The SMILES string of the molecule is COC(=O)C#CC(O)C(C)C. The molecule has 0 spiro atoms. The van der Waals surface area contributed by atoms with Gasteiger partial charge in [0.1, 0.15) is 6.10 Å².